The summed E-state index contributed by atoms with van der Waals surface area (Å²) in [5, 5.41) is 1.06. The molecule has 0 bridgehead atoms. The number of carbonyl (C=O) groups is 1. The van der Waals surface area contributed by atoms with Crippen LogP contribution in [-0.2, 0) is 6.54 Å². The second kappa shape index (κ2) is 7.88. The molecular formula is C25H21ClN2O2. The molecule has 4 rings (SSSR count). The van der Waals surface area contributed by atoms with Crippen molar-refractivity contribution in [2.75, 3.05) is 0 Å². The lowest BCUT2D eigenvalue weighted by molar-refractivity contribution is 0.103. The molecule has 0 fully saturated rings. The Kier molecular flexibility index (Phi) is 5.27. The van der Waals surface area contributed by atoms with Crippen LogP contribution < -0.4 is 5.43 Å². The first kappa shape index (κ1) is 20.0. The van der Waals surface area contributed by atoms with Crippen LogP contribution in [0.1, 0.15) is 38.3 Å². The van der Waals surface area contributed by atoms with Gasteiger partial charge in [0.25, 0.3) is 0 Å². The summed E-state index contributed by atoms with van der Waals surface area (Å²) in [6.45, 7) is 6.13. The molecular weight excluding hydrogens is 396 g/mol. The van der Waals surface area contributed by atoms with Crippen LogP contribution in [0.2, 0.25) is 5.02 Å². The van der Waals surface area contributed by atoms with Crippen LogP contribution in [0.25, 0.3) is 11.0 Å². The normalized spacial score (nSPS) is 11.1. The third-order valence-electron chi connectivity index (χ3n) is 5.18. The number of rotatable bonds is 4. The lowest BCUT2D eigenvalue weighted by Crippen LogP contribution is -2.21. The van der Waals surface area contributed by atoms with E-state index in [4.69, 9.17) is 11.6 Å². The molecule has 2 heterocycles. The first-order chi connectivity index (χ1) is 14.3. The summed E-state index contributed by atoms with van der Waals surface area (Å²) < 4.78 is 1.85. The van der Waals surface area contributed by atoms with Crippen molar-refractivity contribution >= 4 is 28.4 Å². The molecule has 0 unspecified atom stereocenters. The number of hydrogen-bond acceptors (Lipinski definition) is 3. The monoisotopic (exact) mass is 416 g/mol. The Morgan fingerprint density at radius 2 is 1.80 bits per heavy atom. The van der Waals surface area contributed by atoms with Gasteiger partial charge in [0.05, 0.1) is 10.9 Å². The van der Waals surface area contributed by atoms with Crippen LogP contribution in [0.5, 0.6) is 0 Å². The predicted molar refractivity (Wildman–Crippen MR) is 121 cm³/mol. The van der Waals surface area contributed by atoms with E-state index in [9.17, 15) is 9.59 Å². The van der Waals surface area contributed by atoms with E-state index in [2.05, 4.69) is 4.98 Å². The van der Waals surface area contributed by atoms with Crippen molar-refractivity contribution in [3.63, 3.8) is 0 Å². The van der Waals surface area contributed by atoms with Gasteiger partial charge in [0.1, 0.15) is 5.65 Å². The lowest BCUT2D eigenvalue weighted by Gasteiger charge is -2.14. The molecule has 150 valence electrons. The summed E-state index contributed by atoms with van der Waals surface area (Å²) in [7, 11) is 0. The summed E-state index contributed by atoms with van der Waals surface area (Å²) in [5.41, 5.74) is 4.51. The Labute approximate surface area is 179 Å². The topological polar surface area (TPSA) is 52.0 Å². The fourth-order valence-electron chi connectivity index (χ4n) is 3.60. The summed E-state index contributed by atoms with van der Waals surface area (Å²) in [6, 6.07) is 16.7. The van der Waals surface area contributed by atoms with Gasteiger partial charge in [-0.05, 0) is 62.2 Å². The molecule has 5 heteroatoms. The van der Waals surface area contributed by atoms with E-state index in [-0.39, 0.29) is 16.8 Å². The van der Waals surface area contributed by atoms with E-state index in [1.807, 2.05) is 67.8 Å². The molecule has 0 spiro atoms. The van der Waals surface area contributed by atoms with Crippen molar-refractivity contribution in [2.45, 2.75) is 27.3 Å². The zero-order valence-corrected chi connectivity index (χ0v) is 17.8. The Morgan fingerprint density at radius 3 is 2.57 bits per heavy atom. The Hall–Kier alpha value is -3.24. The van der Waals surface area contributed by atoms with Crippen LogP contribution in [0.15, 0.2) is 65.6 Å². The highest BCUT2D eigenvalue weighted by atomic mass is 35.5. The summed E-state index contributed by atoms with van der Waals surface area (Å²) in [4.78, 5) is 31.1. The van der Waals surface area contributed by atoms with Crippen molar-refractivity contribution in [2.24, 2.45) is 0 Å². The van der Waals surface area contributed by atoms with Crippen LogP contribution in [0, 0.1) is 20.8 Å². The molecule has 0 aliphatic rings. The van der Waals surface area contributed by atoms with E-state index in [0.717, 1.165) is 22.4 Å². The number of ketones is 1. The first-order valence-electron chi connectivity index (χ1n) is 9.70. The van der Waals surface area contributed by atoms with E-state index >= 15 is 0 Å². The number of nitrogens with zero attached hydrogens (tertiary/aromatic N) is 2. The lowest BCUT2D eigenvalue weighted by atomic mass is 9.97. The maximum atomic E-state index is 13.4. The highest BCUT2D eigenvalue weighted by Gasteiger charge is 2.19. The molecule has 2 aromatic heterocycles. The Bertz CT molecular complexity index is 1360. The van der Waals surface area contributed by atoms with Crippen molar-refractivity contribution in [3.8, 4) is 0 Å². The minimum absolute atomic E-state index is 0.142. The SMILES string of the molecule is Cc1ccc(C)c(C(=O)c2cn(Cc3cccc(Cl)c3)c3nc(C)ccc3c2=O)c1. The minimum Gasteiger partial charge on any atom is -0.327 e. The third kappa shape index (κ3) is 3.79. The highest BCUT2D eigenvalue weighted by molar-refractivity contribution is 6.30. The summed E-state index contributed by atoms with van der Waals surface area (Å²) >= 11 is 6.14. The molecule has 0 aliphatic carbocycles. The van der Waals surface area contributed by atoms with Crippen molar-refractivity contribution in [1.29, 1.82) is 0 Å². The fraction of sp³-hybridized carbons (Fsp3) is 0.160. The molecule has 0 saturated heterocycles. The first-order valence-corrected chi connectivity index (χ1v) is 10.1. The van der Waals surface area contributed by atoms with Crippen molar-refractivity contribution < 1.29 is 4.79 Å². The van der Waals surface area contributed by atoms with Gasteiger partial charge in [0.15, 0.2) is 5.78 Å². The van der Waals surface area contributed by atoms with Gasteiger partial charge in [0.2, 0.25) is 5.43 Å². The smallest absolute Gasteiger partial charge is 0.202 e. The van der Waals surface area contributed by atoms with Gasteiger partial charge in [-0.15, -0.1) is 0 Å². The molecule has 2 aromatic carbocycles. The van der Waals surface area contributed by atoms with Gasteiger partial charge in [-0.25, -0.2) is 4.98 Å². The van der Waals surface area contributed by atoms with Gasteiger partial charge < -0.3 is 4.57 Å². The Balaban J connectivity index is 1.94. The van der Waals surface area contributed by atoms with Gasteiger partial charge in [-0.1, -0.05) is 41.4 Å². The number of pyridine rings is 2. The molecule has 0 saturated carbocycles. The van der Waals surface area contributed by atoms with E-state index in [0.29, 0.717) is 28.2 Å². The average Bonchev–Trinajstić information content (AvgIpc) is 2.71. The van der Waals surface area contributed by atoms with Crippen LogP contribution in [-0.4, -0.2) is 15.3 Å². The van der Waals surface area contributed by atoms with Crippen molar-refractivity contribution in [1.82, 2.24) is 9.55 Å². The number of carbonyl (C=O) groups excluding carboxylic acids is 1. The number of halogens is 1. The second-order valence-corrected chi connectivity index (χ2v) is 8.04. The number of fused-ring (bicyclic) bond motifs is 1. The van der Waals surface area contributed by atoms with Crippen LogP contribution >= 0.6 is 11.6 Å². The fourth-order valence-corrected chi connectivity index (χ4v) is 3.81. The molecule has 4 nitrogen and oxygen atoms in total. The standard InChI is InChI=1S/C25H21ClN2O2/c1-15-7-8-16(2)21(11-15)24(30)22-14-28(13-18-5-4-6-19(26)12-18)25-20(23(22)29)10-9-17(3)27-25/h4-12,14H,13H2,1-3H3. The zero-order valence-electron chi connectivity index (χ0n) is 17.1. The largest absolute Gasteiger partial charge is 0.327 e. The van der Waals surface area contributed by atoms with Gasteiger partial charge in [0, 0.05) is 29.0 Å². The highest BCUT2D eigenvalue weighted by Crippen LogP contribution is 2.19. The summed E-state index contributed by atoms with van der Waals surface area (Å²) in [5.74, 6) is -0.275. The van der Waals surface area contributed by atoms with Gasteiger partial charge in [-0.2, -0.15) is 0 Å². The maximum absolute atomic E-state index is 13.4. The van der Waals surface area contributed by atoms with Gasteiger partial charge in [-0.3, -0.25) is 9.59 Å². The number of aryl methyl sites for hydroxylation is 3. The average molecular weight is 417 g/mol. The third-order valence-corrected chi connectivity index (χ3v) is 5.42. The second-order valence-electron chi connectivity index (χ2n) is 7.60. The van der Waals surface area contributed by atoms with Gasteiger partial charge >= 0.3 is 0 Å². The molecule has 0 N–H and O–H groups in total. The van der Waals surface area contributed by atoms with Crippen LogP contribution in [0.3, 0.4) is 0 Å². The molecule has 30 heavy (non-hydrogen) atoms. The minimum atomic E-state index is -0.300. The van der Waals surface area contributed by atoms with E-state index < -0.39 is 0 Å². The molecule has 4 aromatic rings. The molecule has 0 aliphatic heterocycles. The van der Waals surface area contributed by atoms with Crippen molar-refractivity contribution in [3.05, 3.63) is 110 Å². The maximum Gasteiger partial charge on any atom is 0.202 e. The number of benzene rings is 2. The number of hydrogen-bond donors (Lipinski definition) is 0. The number of aromatic nitrogens is 2. The quantitative estimate of drug-likeness (QED) is 0.427. The predicted octanol–water partition coefficient (Wildman–Crippen LogP) is 5.25. The van der Waals surface area contributed by atoms with Crippen LogP contribution in [0.4, 0.5) is 0 Å². The molecule has 0 amide bonds. The Morgan fingerprint density at radius 1 is 1.00 bits per heavy atom. The van der Waals surface area contributed by atoms with E-state index in [1.165, 1.54) is 0 Å². The summed E-state index contributed by atoms with van der Waals surface area (Å²) in [6.07, 6.45) is 1.63. The zero-order chi connectivity index (χ0) is 21.4. The molecule has 0 radical (unpaired) electrons. The van der Waals surface area contributed by atoms with E-state index in [1.54, 1.807) is 18.3 Å². The molecule has 0 atom stereocenters.